The lowest BCUT2D eigenvalue weighted by Gasteiger charge is -2.10. The average Bonchev–Trinajstić information content (AvgIpc) is 2.92. The number of aromatic amines is 2. The van der Waals surface area contributed by atoms with Crippen molar-refractivity contribution in [3.05, 3.63) is 56.3 Å². The van der Waals surface area contributed by atoms with E-state index in [1.165, 1.54) is 0 Å². The van der Waals surface area contributed by atoms with Crippen molar-refractivity contribution in [2.24, 2.45) is 0 Å². The molecule has 98 valence electrons. The number of rotatable bonds is 2. The zero-order chi connectivity index (χ0) is 13.6. The van der Waals surface area contributed by atoms with Crippen molar-refractivity contribution in [3.8, 4) is 0 Å². The summed E-state index contributed by atoms with van der Waals surface area (Å²) in [4.78, 5) is 16.7. The van der Waals surface area contributed by atoms with Crippen molar-refractivity contribution in [2.75, 3.05) is 0 Å². The van der Waals surface area contributed by atoms with Crippen molar-refractivity contribution in [2.45, 2.75) is 12.3 Å². The molecule has 1 atom stereocenters. The van der Waals surface area contributed by atoms with E-state index in [9.17, 15) is 4.79 Å². The number of hydrogen-bond acceptors (Lipinski definition) is 2. The maximum atomic E-state index is 11.3. The first-order chi connectivity index (χ1) is 9.04. The molecule has 2 N–H and O–H groups in total. The van der Waals surface area contributed by atoms with Crippen molar-refractivity contribution in [3.63, 3.8) is 0 Å². The van der Waals surface area contributed by atoms with Gasteiger partial charge >= 0.3 is 5.69 Å². The van der Waals surface area contributed by atoms with Crippen LogP contribution in [0.4, 0.5) is 0 Å². The van der Waals surface area contributed by atoms with Crippen LogP contribution >= 0.6 is 27.5 Å². The molecule has 0 amide bonds. The van der Waals surface area contributed by atoms with E-state index in [0.717, 1.165) is 32.4 Å². The van der Waals surface area contributed by atoms with Crippen molar-refractivity contribution < 1.29 is 4.42 Å². The molecule has 2 aromatic heterocycles. The number of H-pyrrole nitrogens is 2. The Bertz CT molecular complexity index is 802. The van der Waals surface area contributed by atoms with E-state index in [1.54, 1.807) is 6.26 Å². The van der Waals surface area contributed by atoms with Gasteiger partial charge in [-0.3, -0.25) is 0 Å². The number of furan rings is 1. The molecule has 1 unspecified atom stereocenters. The second-order valence-corrected chi connectivity index (χ2v) is 5.64. The number of halogens is 2. The number of hydrogen-bond donors (Lipinski definition) is 2. The van der Waals surface area contributed by atoms with Gasteiger partial charge in [-0.15, -0.1) is 11.6 Å². The third kappa shape index (κ3) is 2.24. The van der Waals surface area contributed by atoms with E-state index >= 15 is 0 Å². The van der Waals surface area contributed by atoms with Crippen molar-refractivity contribution in [1.82, 2.24) is 9.97 Å². The van der Waals surface area contributed by atoms with Gasteiger partial charge in [0.2, 0.25) is 0 Å². The Hall–Kier alpha value is -1.46. The number of benzene rings is 1. The fourth-order valence-corrected chi connectivity index (χ4v) is 3.04. The lowest BCUT2D eigenvalue weighted by atomic mass is 10.1. The highest BCUT2D eigenvalue weighted by molar-refractivity contribution is 9.10. The van der Waals surface area contributed by atoms with Gasteiger partial charge in [-0.2, -0.15) is 0 Å². The highest BCUT2D eigenvalue weighted by atomic mass is 79.9. The number of imidazole rings is 1. The lowest BCUT2D eigenvalue weighted by Crippen LogP contribution is -1.99. The summed E-state index contributed by atoms with van der Waals surface area (Å²) in [6, 6.07) is 5.59. The van der Waals surface area contributed by atoms with Crippen LogP contribution in [-0.2, 0) is 0 Å². The van der Waals surface area contributed by atoms with Gasteiger partial charge in [0, 0.05) is 10.0 Å². The highest BCUT2D eigenvalue weighted by Gasteiger charge is 2.17. The van der Waals surface area contributed by atoms with E-state index in [4.69, 9.17) is 16.0 Å². The number of nitrogens with one attached hydrogen (secondary N) is 2. The fourth-order valence-electron chi connectivity index (χ4n) is 2.04. The van der Waals surface area contributed by atoms with Crippen LogP contribution in [0, 0.1) is 6.92 Å². The second-order valence-electron chi connectivity index (χ2n) is 4.35. The largest absolute Gasteiger partial charge is 0.469 e. The zero-order valence-corrected chi connectivity index (χ0v) is 12.3. The van der Waals surface area contributed by atoms with E-state index < -0.39 is 0 Å². The average molecular weight is 342 g/mol. The summed E-state index contributed by atoms with van der Waals surface area (Å²) in [6.07, 6.45) is 1.64. The molecule has 0 spiro atoms. The normalized spacial score (nSPS) is 13.0. The Labute approximate surface area is 121 Å². The van der Waals surface area contributed by atoms with Gasteiger partial charge in [-0.25, -0.2) is 4.79 Å². The van der Waals surface area contributed by atoms with Crippen LogP contribution < -0.4 is 5.69 Å². The third-order valence-electron chi connectivity index (χ3n) is 2.95. The summed E-state index contributed by atoms with van der Waals surface area (Å²) in [6.45, 7) is 1.87. The molecule has 19 heavy (non-hydrogen) atoms. The summed E-state index contributed by atoms with van der Waals surface area (Å²) < 4.78 is 6.12. The van der Waals surface area contributed by atoms with Crippen molar-refractivity contribution >= 4 is 38.6 Å². The molecule has 3 aromatic rings. The first kappa shape index (κ1) is 12.6. The quantitative estimate of drug-likeness (QED) is 0.696. The molecule has 0 radical (unpaired) electrons. The highest BCUT2D eigenvalue weighted by Crippen LogP contribution is 2.36. The van der Waals surface area contributed by atoms with Gasteiger partial charge in [0.1, 0.15) is 5.76 Å². The van der Waals surface area contributed by atoms with Gasteiger partial charge in [-0.1, -0.05) is 15.9 Å². The van der Waals surface area contributed by atoms with Crippen LogP contribution in [0.2, 0.25) is 0 Å². The molecule has 0 aliphatic rings. The van der Waals surface area contributed by atoms with Crippen LogP contribution in [-0.4, -0.2) is 9.97 Å². The van der Waals surface area contributed by atoms with Crippen LogP contribution in [0.15, 0.2) is 38.1 Å². The molecule has 0 saturated carbocycles. The Morgan fingerprint density at radius 2 is 1.95 bits per heavy atom. The minimum absolute atomic E-state index is 0.232. The van der Waals surface area contributed by atoms with Crippen LogP contribution in [0.5, 0.6) is 0 Å². The molecule has 3 rings (SSSR count). The summed E-state index contributed by atoms with van der Waals surface area (Å²) >= 11 is 9.95. The Balaban J connectivity index is 2.13. The van der Waals surface area contributed by atoms with E-state index in [1.807, 2.05) is 25.1 Å². The first-order valence-electron chi connectivity index (χ1n) is 5.65. The molecular formula is C13H10BrClN2O2. The fraction of sp³-hybridized carbons (Fsp3) is 0.154. The van der Waals surface area contributed by atoms with E-state index in [0.29, 0.717) is 0 Å². The van der Waals surface area contributed by atoms with E-state index in [-0.39, 0.29) is 11.1 Å². The Morgan fingerprint density at radius 1 is 1.26 bits per heavy atom. The Morgan fingerprint density at radius 3 is 2.58 bits per heavy atom. The van der Waals surface area contributed by atoms with Crippen LogP contribution in [0.25, 0.3) is 11.0 Å². The SMILES string of the molecule is Cc1cc(C(Cl)c2cc3[nH]c(=O)[nH]c3cc2Br)co1. The van der Waals surface area contributed by atoms with Crippen LogP contribution in [0.1, 0.15) is 22.3 Å². The summed E-state index contributed by atoms with van der Waals surface area (Å²) in [5, 5.41) is -0.338. The van der Waals surface area contributed by atoms with Gasteiger partial charge in [0.15, 0.2) is 0 Å². The predicted octanol–water partition coefficient (Wildman–Crippen LogP) is 3.85. The molecule has 0 fully saturated rings. The third-order valence-corrected chi connectivity index (χ3v) is 4.12. The molecule has 0 aliphatic carbocycles. The number of fused-ring (bicyclic) bond motifs is 1. The molecule has 2 heterocycles. The standard InChI is InChI=1S/C13H10BrClN2O2/c1-6-2-7(5-19-6)12(15)8-3-10-11(4-9(8)14)17-13(18)16-10/h2-5,12H,1H3,(H2,16,17,18). The Kier molecular flexibility index (Phi) is 3.03. The van der Waals surface area contributed by atoms with E-state index in [2.05, 4.69) is 25.9 Å². The summed E-state index contributed by atoms with van der Waals surface area (Å²) in [5.74, 6) is 0.813. The lowest BCUT2D eigenvalue weighted by molar-refractivity contribution is 0.532. The van der Waals surface area contributed by atoms with Gasteiger partial charge in [-0.05, 0) is 30.7 Å². The van der Waals surface area contributed by atoms with Gasteiger partial charge in [0.25, 0.3) is 0 Å². The molecule has 0 aliphatic heterocycles. The van der Waals surface area contributed by atoms with Crippen molar-refractivity contribution in [1.29, 1.82) is 0 Å². The molecule has 0 bridgehead atoms. The summed E-state index contributed by atoms with van der Waals surface area (Å²) in [5.41, 5.74) is 3.01. The smallest absolute Gasteiger partial charge is 0.323 e. The molecule has 0 saturated heterocycles. The molecule has 4 nitrogen and oxygen atoms in total. The predicted molar refractivity (Wildman–Crippen MR) is 77.8 cm³/mol. The maximum absolute atomic E-state index is 11.3. The van der Waals surface area contributed by atoms with Crippen LogP contribution in [0.3, 0.4) is 0 Å². The maximum Gasteiger partial charge on any atom is 0.323 e. The topological polar surface area (TPSA) is 61.8 Å². The number of alkyl halides is 1. The second kappa shape index (κ2) is 4.58. The minimum atomic E-state index is -0.338. The monoisotopic (exact) mass is 340 g/mol. The number of aromatic nitrogens is 2. The van der Waals surface area contributed by atoms with Gasteiger partial charge < -0.3 is 14.4 Å². The van der Waals surface area contributed by atoms with Gasteiger partial charge in [0.05, 0.1) is 22.7 Å². The number of aryl methyl sites for hydroxylation is 1. The summed E-state index contributed by atoms with van der Waals surface area (Å²) in [7, 11) is 0. The minimum Gasteiger partial charge on any atom is -0.469 e. The zero-order valence-electron chi connectivity index (χ0n) is 9.96. The molecule has 1 aromatic carbocycles. The first-order valence-corrected chi connectivity index (χ1v) is 6.88. The molecule has 6 heteroatoms. The molecular weight excluding hydrogens is 332 g/mol.